The van der Waals surface area contributed by atoms with Crippen LogP contribution in [0.1, 0.15) is 28.4 Å². The Kier molecular flexibility index (Phi) is 5.79. The van der Waals surface area contributed by atoms with E-state index in [0.29, 0.717) is 19.7 Å². The molecule has 1 saturated heterocycles. The summed E-state index contributed by atoms with van der Waals surface area (Å²) in [6.07, 6.45) is 3.53. The van der Waals surface area contributed by atoms with E-state index in [0.717, 1.165) is 18.7 Å². The van der Waals surface area contributed by atoms with Crippen LogP contribution in [0.15, 0.2) is 42.7 Å². The summed E-state index contributed by atoms with van der Waals surface area (Å²) >= 11 is 0. The maximum atomic E-state index is 12.2. The summed E-state index contributed by atoms with van der Waals surface area (Å²) in [6.45, 7) is 7.28. The van der Waals surface area contributed by atoms with Gasteiger partial charge in [0.1, 0.15) is 0 Å². The molecule has 1 aliphatic heterocycles. The van der Waals surface area contributed by atoms with Gasteiger partial charge >= 0.3 is 0 Å². The van der Waals surface area contributed by atoms with E-state index in [2.05, 4.69) is 47.2 Å². The Morgan fingerprint density at radius 1 is 1.36 bits per heavy atom. The summed E-state index contributed by atoms with van der Waals surface area (Å²) < 4.78 is 5.94. The van der Waals surface area contributed by atoms with E-state index in [4.69, 9.17) is 4.74 Å². The normalized spacial score (nSPS) is 18.1. The lowest BCUT2D eigenvalue weighted by Gasteiger charge is -2.33. The fourth-order valence-corrected chi connectivity index (χ4v) is 3.18. The first-order valence-electron chi connectivity index (χ1n) is 8.68. The quantitative estimate of drug-likeness (QED) is 0.909. The summed E-state index contributed by atoms with van der Waals surface area (Å²) in [4.78, 5) is 18.4. The fourth-order valence-electron chi connectivity index (χ4n) is 3.18. The summed E-state index contributed by atoms with van der Waals surface area (Å²) in [5.41, 5.74) is 4.72. The number of aryl methyl sites for hydroxylation is 2. The Hall–Kier alpha value is -2.24. The Bertz CT molecular complexity index is 718. The number of carbonyl (C=O) groups excluding carboxylic acids is 1. The second kappa shape index (κ2) is 8.23. The van der Waals surface area contributed by atoms with Crippen LogP contribution in [0.2, 0.25) is 0 Å². The molecule has 1 aromatic heterocycles. The minimum atomic E-state index is 0.0282. The maximum Gasteiger partial charge on any atom is 0.234 e. The van der Waals surface area contributed by atoms with Gasteiger partial charge in [-0.3, -0.25) is 14.7 Å². The standard InChI is InChI=1S/C20H25N3O2/c1-15-5-6-18(16(2)10-15)19-13-23(8-9-25-19)14-20(24)22-12-17-4-3-7-21-11-17/h3-7,10-11,19H,8-9,12-14H2,1-2H3,(H,22,24). The number of ether oxygens (including phenoxy) is 1. The first-order chi connectivity index (χ1) is 12.1. The highest BCUT2D eigenvalue weighted by atomic mass is 16.5. The Balaban J connectivity index is 1.53. The number of morpholine rings is 1. The molecule has 3 rings (SSSR count). The lowest BCUT2D eigenvalue weighted by atomic mass is 10.00. The molecule has 1 amide bonds. The molecule has 5 nitrogen and oxygen atoms in total. The van der Waals surface area contributed by atoms with Gasteiger partial charge in [-0.1, -0.05) is 29.8 Å². The lowest BCUT2D eigenvalue weighted by molar-refractivity contribution is -0.124. The van der Waals surface area contributed by atoms with E-state index in [9.17, 15) is 4.79 Å². The number of nitrogens with zero attached hydrogens (tertiary/aromatic N) is 2. The molecule has 0 spiro atoms. The van der Waals surface area contributed by atoms with Gasteiger partial charge in [-0.15, -0.1) is 0 Å². The molecule has 25 heavy (non-hydrogen) atoms. The number of hydrogen-bond acceptors (Lipinski definition) is 4. The average molecular weight is 339 g/mol. The predicted molar refractivity (Wildman–Crippen MR) is 97.1 cm³/mol. The highest BCUT2D eigenvalue weighted by molar-refractivity contribution is 5.78. The molecule has 0 bridgehead atoms. The third-order valence-electron chi connectivity index (χ3n) is 4.50. The van der Waals surface area contributed by atoms with E-state index in [1.165, 1.54) is 16.7 Å². The monoisotopic (exact) mass is 339 g/mol. The smallest absolute Gasteiger partial charge is 0.234 e. The number of aromatic nitrogens is 1. The van der Waals surface area contributed by atoms with Crippen LogP contribution < -0.4 is 5.32 Å². The molecular formula is C20H25N3O2. The van der Waals surface area contributed by atoms with Gasteiger partial charge in [0.25, 0.3) is 0 Å². The largest absolute Gasteiger partial charge is 0.371 e. The van der Waals surface area contributed by atoms with Gasteiger partial charge in [0.05, 0.1) is 19.3 Å². The highest BCUT2D eigenvalue weighted by Crippen LogP contribution is 2.25. The molecule has 5 heteroatoms. The van der Waals surface area contributed by atoms with Crippen molar-refractivity contribution < 1.29 is 9.53 Å². The molecule has 1 unspecified atom stereocenters. The Morgan fingerprint density at radius 3 is 3.00 bits per heavy atom. The van der Waals surface area contributed by atoms with Gasteiger partial charge < -0.3 is 10.1 Å². The number of amides is 1. The van der Waals surface area contributed by atoms with Crippen molar-refractivity contribution in [2.45, 2.75) is 26.5 Å². The number of carbonyl (C=O) groups is 1. The van der Waals surface area contributed by atoms with Crippen LogP contribution in [0.5, 0.6) is 0 Å². The van der Waals surface area contributed by atoms with Crippen LogP contribution in [0.4, 0.5) is 0 Å². The van der Waals surface area contributed by atoms with Crippen molar-refractivity contribution in [3.63, 3.8) is 0 Å². The third kappa shape index (κ3) is 4.87. The van der Waals surface area contributed by atoms with Gasteiger partial charge in [0, 0.05) is 32.0 Å². The van der Waals surface area contributed by atoms with Crippen LogP contribution in [-0.4, -0.2) is 42.0 Å². The third-order valence-corrected chi connectivity index (χ3v) is 4.50. The number of nitrogens with one attached hydrogen (secondary N) is 1. The fraction of sp³-hybridized carbons (Fsp3) is 0.400. The number of rotatable bonds is 5. The average Bonchev–Trinajstić information content (AvgIpc) is 2.61. The molecule has 0 radical (unpaired) electrons. The van der Waals surface area contributed by atoms with Crippen molar-refractivity contribution in [1.29, 1.82) is 0 Å². The van der Waals surface area contributed by atoms with Gasteiger partial charge in [-0.2, -0.15) is 0 Å². The first-order valence-corrected chi connectivity index (χ1v) is 8.68. The van der Waals surface area contributed by atoms with Crippen molar-refractivity contribution in [1.82, 2.24) is 15.2 Å². The molecule has 1 fully saturated rings. The zero-order valence-electron chi connectivity index (χ0n) is 14.9. The molecule has 1 aromatic carbocycles. The van der Waals surface area contributed by atoms with Crippen molar-refractivity contribution >= 4 is 5.91 Å². The summed E-state index contributed by atoms with van der Waals surface area (Å²) in [7, 11) is 0. The van der Waals surface area contributed by atoms with E-state index < -0.39 is 0 Å². The lowest BCUT2D eigenvalue weighted by Crippen LogP contribution is -2.44. The Morgan fingerprint density at radius 2 is 2.24 bits per heavy atom. The van der Waals surface area contributed by atoms with Crippen molar-refractivity contribution in [3.8, 4) is 0 Å². The molecule has 1 atom stereocenters. The SMILES string of the molecule is Cc1ccc(C2CN(CC(=O)NCc3cccnc3)CCO2)c(C)c1. The second-order valence-electron chi connectivity index (χ2n) is 6.59. The Labute approximate surface area is 149 Å². The second-order valence-corrected chi connectivity index (χ2v) is 6.59. The van der Waals surface area contributed by atoms with Gasteiger partial charge in [0.15, 0.2) is 0 Å². The van der Waals surface area contributed by atoms with Gasteiger partial charge in [0.2, 0.25) is 5.91 Å². The minimum Gasteiger partial charge on any atom is -0.371 e. The van der Waals surface area contributed by atoms with E-state index in [1.807, 2.05) is 12.1 Å². The molecule has 0 aliphatic carbocycles. The predicted octanol–water partition coefficient (Wildman–Crippen LogP) is 2.39. The van der Waals surface area contributed by atoms with Crippen LogP contribution in [0.25, 0.3) is 0 Å². The number of pyridine rings is 1. The van der Waals surface area contributed by atoms with Gasteiger partial charge in [-0.05, 0) is 36.6 Å². The summed E-state index contributed by atoms with van der Waals surface area (Å²) in [5.74, 6) is 0.0325. The molecular weight excluding hydrogens is 314 g/mol. The maximum absolute atomic E-state index is 12.2. The molecule has 1 aliphatic rings. The molecule has 2 heterocycles. The van der Waals surface area contributed by atoms with E-state index >= 15 is 0 Å². The molecule has 1 N–H and O–H groups in total. The highest BCUT2D eigenvalue weighted by Gasteiger charge is 2.24. The van der Waals surface area contributed by atoms with Crippen molar-refractivity contribution in [2.75, 3.05) is 26.2 Å². The van der Waals surface area contributed by atoms with Crippen molar-refractivity contribution in [2.24, 2.45) is 0 Å². The minimum absolute atomic E-state index is 0.0282. The zero-order chi connectivity index (χ0) is 17.6. The van der Waals surface area contributed by atoms with Gasteiger partial charge in [-0.25, -0.2) is 0 Å². The van der Waals surface area contributed by atoms with Crippen molar-refractivity contribution in [3.05, 3.63) is 65.0 Å². The first kappa shape index (κ1) is 17.6. The number of hydrogen-bond donors (Lipinski definition) is 1. The van der Waals surface area contributed by atoms with Crippen LogP contribution in [0.3, 0.4) is 0 Å². The molecule has 2 aromatic rings. The molecule has 0 saturated carbocycles. The number of benzene rings is 1. The van der Waals surface area contributed by atoms with E-state index in [-0.39, 0.29) is 12.0 Å². The summed E-state index contributed by atoms with van der Waals surface area (Å²) in [5, 5.41) is 2.96. The topological polar surface area (TPSA) is 54.5 Å². The molecule has 132 valence electrons. The summed E-state index contributed by atoms with van der Waals surface area (Å²) in [6, 6.07) is 10.3. The van der Waals surface area contributed by atoms with Crippen LogP contribution >= 0.6 is 0 Å². The zero-order valence-corrected chi connectivity index (χ0v) is 14.9. The van der Waals surface area contributed by atoms with E-state index in [1.54, 1.807) is 12.4 Å². The van der Waals surface area contributed by atoms with Crippen LogP contribution in [-0.2, 0) is 16.1 Å². The van der Waals surface area contributed by atoms with Crippen LogP contribution in [0, 0.1) is 13.8 Å².